The van der Waals surface area contributed by atoms with Gasteiger partial charge in [-0.1, -0.05) is 49.7 Å². The number of carbonyl (C=O) groups excluding carboxylic acids is 2. The summed E-state index contributed by atoms with van der Waals surface area (Å²) in [7, 11) is 1.63. The number of nitrogens with zero attached hydrogens (tertiary/aromatic N) is 1. The molecule has 5 nitrogen and oxygen atoms in total. The maximum absolute atomic E-state index is 13.3. The van der Waals surface area contributed by atoms with Crippen molar-refractivity contribution in [3.05, 3.63) is 59.7 Å². The van der Waals surface area contributed by atoms with Crippen molar-refractivity contribution in [1.29, 1.82) is 0 Å². The maximum Gasteiger partial charge on any atom is 0.229 e. The van der Waals surface area contributed by atoms with E-state index in [1.807, 2.05) is 60.4 Å². The Balaban J connectivity index is 1.97. The van der Waals surface area contributed by atoms with E-state index in [-0.39, 0.29) is 23.8 Å². The van der Waals surface area contributed by atoms with Gasteiger partial charge in [0, 0.05) is 24.2 Å². The molecule has 2 amide bonds. The third kappa shape index (κ3) is 4.61. The zero-order valence-electron chi connectivity index (χ0n) is 17.5. The molecule has 0 aromatic heterocycles. The van der Waals surface area contributed by atoms with Crippen LogP contribution in [0.15, 0.2) is 48.5 Å². The molecule has 0 spiro atoms. The van der Waals surface area contributed by atoms with Crippen LogP contribution in [0.5, 0.6) is 5.75 Å². The third-order valence-corrected chi connectivity index (χ3v) is 5.66. The van der Waals surface area contributed by atoms with E-state index in [1.54, 1.807) is 7.11 Å². The summed E-state index contributed by atoms with van der Waals surface area (Å²) in [5.41, 5.74) is 2.72. The highest BCUT2D eigenvalue weighted by Crippen LogP contribution is 2.41. The average Bonchev–Trinajstić information content (AvgIpc) is 2.74. The van der Waals surface area contributed by atoms with Crippen molar-refractivity contribution in [2.45, 2.75) is 45.6 Å². The highest BCUT2D eigenvalue weighted by Gasteiger charge is 2.41. The van der Waals surface area contributed by atoms with E-state index in [9.17, 15) is 9.59 Å². The number of ether oxygens (including phenoxy) is 1. The van der Waals surface area contributed by atoms with Crippen LogP contribution >= 0.6 is 0 Å². The number of aryl methyl sites for hydroxylation is 1. The Morgan fingerprint density at radius 2 is 1.90 bits per heavy atom. The smallest absolute Gasteiger partial charge is 0.229 e. The van der Waals surface area contributed by atoms with Gasteiger partial charge < -0.3 is 15.0 Å². The van der Waals surface area contributed by atoms with Crippen LogP contribution in [0.1, 0.15) is 49.8 Å². The molecule has 0 unspecified atom stereocenters. The lowest BCUT2D eigenvalue weighted by Crippen LogP contribution is -2.47. The van der Waals surface area contributed by atoms with E-state index in [0.29, 0.717) is 25.1 Å². The number of amides is 2. The summed E-state index contributed by atoms with van der Waals surface area (Å²) in [5, 5.41) is 3.09. The van der Waals surface area contributed by atoms with Crippen molar-refractivity contribution in [2.24, 2.45) is 5.92 Å². The summed E-state index contributed by atoms with van der Waals surface area (Å²) < 4.78 is 5.58. The lowest BCUT2D eigenvalue weighted by Gasteiger charge is -2.41. The number of carbonyl (C=O) groups is 2. The topological polar surface area (TPSA) is 58.6 Å². The van der Waals surface area contributed by atoms with Crippen molar-refractivity contribution in [1.82, 2.24) is 4.90 Å². The second-order valence-corrected chi connectivity index (χ2v) is 7.58. The van der Waals surface area contributed by atoms with Crippen LogP contribution in [0.3, 0.4) is 0 Å². The Bertz CT molecular complexity index is 865. The molecule has 1 N–H and O–H groups in total. The summed E-state index contributed by atoms with van der Waals surface area (Å²) in [6.45, 7) is 4.73. The summed E-state index contributed by atoms with van der Waals surface area (Å²) in [5.74, 6) is 0.432. The number of hydrogen-bond donors (Lipinski definition) is 1. The Morgan fingerprint density at radius 3 is 2.62 bits per heavy atom. The summed E-state index contributed by atoms with van der Waals surface area (Å²) in [4.78, 5) is 28.0. The molecular weight excluding hydrogens is 364 g/mol. The van der Waals surface area contributed by atoms with Gasteiger partial charge in [0.1, 0.15) is 5.75 Å². The van der Waals surface area contributed by atoms with Gasteiger partial charge in [-0.05, 0) is 37.5 Å². The molecule has 1 fully saturated rings. The Hall–Kier alpha value is -2.82. The molecule has 1 aliphatic rings. The second-order valence-electron chi connectivity index (χ2n) is 7.58. The van der Waals surface area contributed by atoms with Gasteiger partial charge in [-0.3, -0.25) is 9.59 Å². The summed E-state index contributed by atoms with van der Waals surface area (Å²) >= 11 is 0. The third-order valence-electron chi connectivity index (χ3n) is 5.66. The van der Waals surface area contributed by atoms with Gasteiger partial charge in [-0.25, -0.2) is 0 Å². The van der Waals surface area contributed by atoms with Crippen molar-refractivity contribution < 1.29 is 14.3 Å². The number of anilines is 1. The minimum Gasteiger partial charge on any atom is -0.496 e. The SMILES string of the molecule is CCCCN1C(=O)CC[C@H](C(=O)Nc2ccccc2C)[C@@H]1c1ccccc1OC. The van der Waals surface area contributed by atoms with E-state index >= 15 is 0 Å². The predicted molar refractivity (Wildman–Crippen MR) is 115 cm³/mol. The molecule has 1 heterocycles. The Labute approximate surface area is 173 Å². The molecule has 0 bridgehead atoms. The lowest BCUT2D eigenvalue weighted by atomic mass is 9.83. The Kier molecular flexibility index (Phi) is 6.91. The fourth-order valence-electron chi connectivity index (χ4n) is 4.05. The number of piperidine rings is 1. The van der Waals surface area contributed by atoms with Crippen molar-refractivity contribution in [3.8, 4) is 5.75 Å². The zero-order valence-corrected chi connectivity index (χ0v) is 17.5. The van der Waals surface area contributed by atoms with Gasteiger partial charge in [0.15, 0.2) is 0 Å². The quantitative estimate of drug-likeness (QED) is 0.739. The van der Waals surface area contributed by atoms with Gasteiger partial charge in [0.25, 0.3) is 0 Å². The van der Waals surface area contributed by atoms with Gasteiger partial charge in [-0.2, -0.15) is 0 Å². The largest absolute Gasteiger partial charge is 0.496 e. The molecule has 5 heteroatoms. The van der Waals surface area contributed by atoms with Gasteiger partial charge in [0.05, 0.1) is 19.1 Å². The van der Waals surface area contributed by atoms with E-state index in [2.05, 4.69) is 12.2 Å². The van der Waals surface area contributed by atoms with E-state index < -0.39 is 0 Å². The molecule has 3 rings (SSSR count). The van der Waals surface area contributed by atoms with Gasteiger partial charge >= 0.3 is 0 Å². The maximum atomic E-state index is 13.3. The molecule has 1 saturated heterocycles. The number of rotatable bonds is 7. The first-order chi connectivity index (χ1) is 14.1. The summed E-state index contributed by atoms with van der Waals surface area (Å²) in [6.07, 6.45) is 2.81. The van der Waals surface area contributed by atoms with E-state index in [1.165, 1.54) is 0 Å². The van der Waals surface area contributed by atoms with Crippen LogP contribution in [-0.4, -0.2) is 30.4 Å². The van der Waals surface area contributed by atoms with Crippen LogP contribution < -0.4 is 10.1 Å². The normalized spacial score (nSPS) is 19.1. The molecule has 29 heavy (non-hydrogen) atoms. The highest BCUT2D eigenvalue weighted by molar-refractivity contribution is 5.95. The minimum atomic E-state index is -0.333. The van der Waals surface area contributed by atoms with Gasteiger partial charge in [-0.15, -0.1) is 0 Å². The van der Waals surface area contributed by atoms with Crippen molar-refractivity contribution in [3.63, 3.8) is 0 Å². The molecule has 1 aliphatic heterocycles. The molecule has 0 radical (unpaired) electrons. The zero-order chi connectivity index (χ0) is 20.8. The fourth-order valence-corrected chi connectivity index (χ4v) is 4.05. The molecule has 2 aromatic rings. The number of unbranched alkanes of at least 4 members (excludes halogenated alkanes) is 1. The first-order valence-electron chi connectivity index (χ1n) is 10.4. The minimum absolute atomic E-state index is 0.0517. The Morgan fingerprint density at radius 1 is 1.17 bits per heavy atom. The van der Waals surface area contributed by atoms with E-state index in [4.69, 9.17) is 4.74 Å². The second kappa shape index (κ2) is 9.59. The molecule has 0 saturated carbocycles. The average molecular weight is 395 g/mol. The van der Waals surface area contributed by atoms with Crippen molar-refractivity contribution in [2.75, 3.05) is 19.0 Å². The number of nitrogens with one attached hydrogen (secondary N) is 1. The highest BCUT2D eigenvalue weighted by atomic mass is 16.5. The monoisotopic (exact) mass is 394 g/mol. The van der Waals surface area contributed by atoms with Crippen LogP contribution in [0.25, 0.3) is 0 Å². The number of para-hydroxylation sites is 2. The number of likely N-dealkylation sites (tertiary alicyclic amines) is 1. The standard InChI is InChI=1S/C24H30N2O3/c1-4-5-16-26-22(27)15-14-19(23(26)18-11-7-9-13-21(18)29-3)24(28)25-20-12-8-6-10-17(20)2/h6-13,19,23H,4-5,14-16H2,1-3H3,(H,25,28)/t19-,23-/m0/s1. The van der Waals surface area contributed by atoms with Crippen LogP contribution in [0.2, 0.25) is 0 Å². The predicted octanol–water partition coefficient (Wildman–Crippen LogP) is 4.72. The van der Waals surface area contributed by atoms with Gasteiger partial charge in [0.2, 0.25) is 11.8 Å². The first kappa shape index (κ1) is 20.9. The molecule has 154 valence electrons. The van der Waals surface area contributed by atoms with Crippen molar-refractivity contribution >= 4 is 17.5 Å². The number of methoxy groups -OCH3 is 1. The molecule has 2 atom stereocenters. The number of benzene rings is 2. The fraction of sp³-hybridized carbons (Fsp3) is 0.417. The number of hydrogen-bond acceptors (Lipinski definition) is 3. The summed E-state index contributed by atoms with van der Waals surface area (Å²) in [6, 6.07) is 15.1. The van der Waals surface area contributed by atoms with Crippen LogP contribution in [0, 0.1) is 12.8 Å². The first-order valence-corrected chi connectivity index (χ1v) is 10.4. The molecule has 2 aromatic carbocycles. The molecule has 0 aliphatic carbocycles. The van der Waals surface area contributed by atoms with Crippen LogP contribution in [-0.2, 0) is 9.59 Å². The van der Waals surface area contributed by atoms with E-state index in [0.717, 1.165) is 29.7 Å². The molecular formula is C24H30N2O3. The lowest BCUT2D eigenvalue weighted by molar-refractivity contribution is -0.142. The van der Waals surface area contributed by atoms with Crippen LogP contribution in [0.4, 0.5) is 5.69 Å².